The Morgan fingerprint density at radius 3 is 1.78 bits per heavy atom. The highest BCUT2D eigenvalue weighted by Gasteiger charge is 2.18. The number of hydrogen-bond donors (Lipinski definition) is 0. The molecule has 46 heavy (non-hydrogen) atoms. The third kappa shape index (κ3) is 4.35. The minimum atomic E-state index is 0.901. The lowest BCUT2D eigenvalue weighted by Crippen LogP contribution is -2.09. The van der Waals surface area contributed by atoms with E-state index in [4.69, 9.17) is 4.42 Å². The molecule has 2 heteroatoms. The molecule has 0 N–H and O–H groups in total. The number of hydrogen-bond acceptors (Lipinski definition) is 2. The lowest BCUT2D eigenvalue weighted by Gasteiger charge is -2.26. The molecule has 216 valence electrons. The summed E-state index contributed by atoms with van der Waals surface area (Å²) < 4.78 is 6.53. The van der Waals surface area contributed by atoms with Crippen LogP contribution in [-0.4, -0.2) is 0 Å². The summed E-state index contributed by atoms with van der Waals surface area (Å²) in [7, 11) is 0. The van der Waals surface area contributed by atoms with Crippen LogP contribution in [0.15, 0.2) is 180 Å². The summed E-state index contributed by atoms with van der Waals surface area (Å²) >= 11 is 0. The van der Waals surface area contributed by atoms with Gasteiger partial charge < -0.3 is 9.32 Å². The normalized spacial score (nSPS) is 11.5. The SMILES string of the molecule is c1ccc(-c2ccc(-c3ccc(N(c4ccccc4)c4ccc5c(ccc6ccccc65)c4)cc3)c3c2oc2ccccc23)cc1. The van der Waals surface area contributed by atoms with Crippen molar-refractivity contribution in [2.24, 2.45) is 0 Å². The molecule has 1 heterocycles. The highest BCUT2D eigenvalue weighted by atomic mass is 16.3. The number of furan rings is 1. The summed E-state index contributed by atoms with van der Waals surface area (Å²) in [4.78, 5) is 2.33. The van der Waals surface area contributed by atoms with Crippen LogP contribution in [0.1, 0.15) is 0 Å². The van der Waals surface area contributed by atoms with Gasteiger partial charge in [-0.25, -0.2) is 0 Å². The monoisotopic (exact) mass is 587 g/mol. The molecule has 2 nitrogen and oxygen atoms in total. The minimum Gasteiger partial charge on any atom is -0.455 e. The second-order valence-electron chi connectivity index (χ2n) is 11.7. The Morgan fingerprint density at radius 2 is 0.957 bits per heavy atom. The van der Waals surface area contributed by atoms with E-state index in [9.17, 15) is 0 Å². The molecule has 0 fully saturated rings. The zero-order valence-electron chi connectivity index (χ0n) is 25.1. The van der Waals surface area contributed by atoms with Gasteiger partial charge in [-0.3, -0.25) is 0 Å². The van der Waals surface area contributed by atoms with Gasteiger partial charge in [-0.1, -0.05) is 127 Å². The van der Waals surface area contributed by atoms with Crippen molar-refractivity contribution in [2.45, 2.75) is 0 Å². The van der Waals surface area contributed by atoms with Crippen molar-refractivity contribution in [3.8, 4) is 22.3 Å². The third-order valence-corrected chi connectivity index (χ3v) is 9.05. The van der Waals surface area contributed by atoms with Gasteiger partial charge in [0.2, 0.25) is 0 Å². The number of para-hydroxylation sites is 2. The molecule has 0 amide bonds. The highest BCUT2D eigenvalue weighted by Crippen LogP contribution is 2.43. The van der Waals surface area contributed by atoms with Crippen LogP contribution in [0, 0.1) is 0 Å². The first kappa shape index (κ1) is 26.3. The van der Waals surface area contributed by atoms with Crippen molar-refractivity contribution in [3.63, 3.8) is 0 Å². The number of fused-ring (bicyclic) bond motifs is 6. The van der Waals surface area contributed by atoms with Crippen molar-refractivity contribution in [1.29, 1.82) is 0 Å². The largest absolute Gasteiger partial charge is 0.455 e. The van der Waals surface area contributed by atoms with Crippen molar-refractivity contribution >= 4 is 60.5 Å². The summed E-state index contributed by atoms with van der Waals surface area (Å²) in [5, 5.41) is 7.30. The van der Waals surface area contributed by atoms with Gasteiger partial charge in [0.1, 0.15) is 11.2 Å². The average molecular weight is 588 g/mol. The molecule has 9 rings (SSSR count). The first-order valence-electron chi connectivity index (χ1n) is 15.7. The first-order valence-corrected chi connectivity index (χ1v) is 15.7. The Kier molecular flexibility index (Phi) is 6.17. The number of anilines is 3. The fraction of sp³-hybridized carbons (Fsp3) is 0. The van der Waals surface area contributed by atoms with Gasteiger partial charge in [-0.15, -0.1) is 0 Å². The summed E-state index contributed by atoms with van der Waals surface area (Å²) in [6.45, 7) is 0. The molecule has 0 saturated carbocycles. The molecule has 0 spiro atoms. The maximum absolute atomic E-state index is 6.53. The van der Waals surface area contributed by atoms with Crippen LogP contribution in [0.25, 0.3) is 65.7 Å². The standard InChI is InChI=1S/C44H29NO/c1-3-11-30(12-4-1)40-28-27-39(43-41-17-9-10-18-42(41)46-44(40)43)32-21-23-35(24-22-32)45(34-14-5-2-6-15-34)36-25-26-38-33(29-36)20-19-31-13-7-8-16-37(31)38/h1-29H. The van der Waals surface area contributed by atoms with Crippen LogP contribution >= 0.6 is 0 Å². The zero-order valence-corrected chi connectivity index (χ0v) is 25.1. The molecule has 0 unspecified atom stereocenters. The van der Waals surface area contributed by atoms with Crippen LogP contribution in [0.2, 0.25) is 0 Å². The van der Waals surface area contributed by atoms with Crippen LogP contribution in [0.5, 0.6) is 0 Å². The molecule has 0 bridgehead atoms. The third-order valence-electron chi connectivity index (χ3n) is 9.05. The van der Waals surface area contributed by atoms with Gasteiger partial charge >= 0.3 is 0 Å². The minimum absolute atomic E-state index is 0.901. The second kappa shape index (κ2) is 10.8. The molecular weight excluding hydrogens is 558 g/mol. The summed E-state index contributed by atoms with van der Waals surface area (Å²) in [6.07, 6.45) is 0. The van der Waals surface area contributed by atoms with Crippen LogP contribution in [-0.2, 0) is 0 Å². The van der Waals surface area contributed by atoms with Gasteiger partial charge in [0.25, 0.3) is 0 Å². The topological polar surface area (TPSA) is 16.4 Å². The molecule has 1 aromatic heterocycles. The van der Waals surface area contributed by atoms with Gasteiger partial charge in [0.15, 0.2) is 0 Å². The smallest absolute Gasteiger partial charge is 0.143 e. The van der Waals surface area contributed by atoms with E-state index in [0.717, 1.165) is 61.3 Å². The molecular formula is C44H29NO. The maximum atomic E-state index is 6.53. The Labute approximate surface area is 267 Å². The Morgan fingerprint density at radius 1 is 0.370 bits per heavy atom. The summed E-state index contributed by atoms with van der Waals surface area (Å²) in [5.41, 5.74) is 9.73. The lowest BCUT2D eigenvalue weighted by molar-refractivity contribution is 0.670. The van der Waals surface area contributed by atoms with E-state index in [1.165, 1.54) is 21.5 Å². The molecule has 9 aromatic rings. The number of rotatable bonds is 5. The van der Waals surface area contributed by atoms with E-state index in [1.54, 1.807) is 0 Å². The summed E-state index contributed by atoms with van der Waals surface area (Å²) in [6, 6.07) is 62.6. The molecule has 8 aromatic carbocycles. The van der Waals surface area contributed by atoms with E-state index in [-0.39, 0.29) is 0 Å². The Balaban J connectivity index is 1.18. The number of benzene rings is 8. The number of nitrogens with zero attached hydrogens (tertiary/aromatic N) is 1. The van der Waals surface area contributed by atoms with Crippen molar-refractivity contribution in [2.75, 3.05) is 4.90 Å². The van der Waals surface area contributed by atoms with Crippen LogP contribution in [0.4, 0.5) is 17.1 Å². The van der Waals surface area contributed by atoms with Crippen LogP contribution in [0.3, 0.4) is 0 Å². The van der Waals surface area contributed by atoms with Crippen LogP contribution < -0.4 is 4.90 Å². The quantitative estimate of drug-likeness (QED) is 0.186. The molecule has 0 radical (unpaired) electrons. The zero-order chi connectivity index (χ0) is 30.5. The fourth-order valence-electron chi connectivity index (χ4n) is 6.87. The van der Waals surface area contributed by atoms with Gasteiger partial charge in [-0.2, -0.15) is 0 Å². The summed E-state index contributed by atoms with van der Waals surface area (Å²) in [5.74, 6) is 0. The van der Waals surface area contributed by atoms with Crippen molar-refractivity contribution in [3.05, 3.63) is 176 Å². The van der Waals surface area contributed by atoms with E-state index >= 15 is 0 Å². The first-order chi connectivity index (χ1) is 22.8. The second-order valence-corrected chi connectivity index (χ2v) is 11.7. The van der Waals surface area contributed by atoms with E-state index in [1.807, 2.05) is 12.1 Å². The predicted octanol–water partition coefficient (Wildman–Crippen LogP) is 12.7. The van der Waals surface area contributed by atoms with Crippen molar-refractivity contribution in [1.82, 2.24) is 0 Å². The molecule has 0 saturated heterocycles. The van der Waals surface area contributed by atoms with Gasteiger partial charge in [0, 0.05) is 33.4 Å². The maximum Gasteiger partial charge on any atom is 0.143 e. The molecule has 0 aliphatic heterocycles. The van der Waals surface area contributed by atoms with Gasteiger partial charge in [-0.05, 0) is 86.8 Å². The fourth-order valence-corrected chi connectivity index (χ4v) is 6.87. The molecule has 0 atom stereocenters. The molecule has 0 aliphatic rings. The molecule has 0 aliphatic carbocycles. The van der Waals surface area contributed by atoms with Crippen molar-refractivity contribution < 1.29 is 4.42 Å². The van der Waals surface area contributed by atoms with E-state index in [2.05, 4.69) is 169 Å². The Bertz CT molecular complexity index is 2510. The van der Waals surface area contributed by atoms with Gasteiger partial charge in [0.05, 0.1) is 0 Å². The van der Waals surface area contributed by atoms with E-state index in [0.29, 0.717) is 0 Å². The highest BCUT2D eigenvalue weighted by molar-refractivity contribution is 6.16. The predicted molar refractivity (Wildman–Crippen MR) is 194 cm³/mol. The Hall–Kier alpha value is -6.12. The van der Waals surface area contributed by atoms with E-state index < -0.39 is 0 Å². The average Bonchev–Trinajstić information content (AvgIpc) is 3.52. The lowest BCUT2D eigenvalue weighted by atomic mass is 9.94.